The van der Waals surface area contributed by atoms with Crippen LogP contribution in [0.3, 0.4) is 0 Å². The molecule has 0 aliphatic carbocycles. The van der Waals surface area contributed by atoms with Crippen molar-refractivity contribution in [1.29, 1.82) is 0 Å². The molecular weight excluding hydrogens is 337 g/mol. The van der Waals surface area contributed by atoms with Crippen LogP contribution >= 0.6 is 0 Å². The van der Waals surface area contributed by atoms with Crippen molar-refractivity contribution >= 4 is 0 Å². The standard InChI is InChI=1S/C14H11IN3/c1-2-5-12(6-3-1)15-13-7-8-14(16-11-13)18-10-4-9-17-18/h1-11H/q-1. The maximum atomic E-state index is 4.45. The normalized spacial score (nSPS) is 10.7. The summed E-state index contributed by atoms with van der Waals surface area (Å²) in [7, 11) is 0. The second-order valence-corrected chi connectivity index (χ2v) is 6.71. The minimum absolute atomic E-state index is 0.135. The Hall–Kier alpha value is -1.69. The van der Waals surface area contributed by atoms with Gasteiger partial charge in [0.15, 0.2) is 0 Å². The van der Waals surface area contributed by atoms with Crippen molar-refractivity contribution in [3.63, 3.8) is 0 Å². The van der Waals surface area contributed by atoms with Gasteiger partial charge in [-0.05, 0) is 0 Å². The fraction of sp³-hybridized carbons (Fsp3) is 0. The van der Waals surface area contributed by atoms with Gasteiger partial charge in [0.05, 0.1) is 0 Å². The fourth-order valence-corrected chi connectivity index (χ4v) is 3.70. The Morgan fingerprint density at radius 2 is 1.78 bits per heavy atom. The number of hydrogen-bond acceptors (Lipinski definition) is 2. The van der Waals surface area contributed by atoms with Crippen molar-refractivity contribution in [2.45, 2.75) is 0 Å². The van der Waals surface area contributed by atoms with Crippen molar-refractivity contribution < 1.29 is 21.2 Å². The van der Waals surface area contributed by atoms with Gasteiger partial charge in [0.25, 0.3) is 0 Å². The summed E-state index contributed by atoms with van der Waals surface area (Å²) in [5.74, 6) is 0.862. The molecule has 2 aromatic heterocycles. The first kappa shape index (κ1) is 11.4. The van der Waals surface area contributed by atoms with Crippen LogP contribution in [0.5, 0.6) is 0 Å². The number of hydrogen-bond donors (Lipinski definition) is 0. The summed E-state index contributed by atoms with van der Waals surface area (Å²) >= 11 is -0.135. The third kappa shape index (κ3) is 2.59. The summed E-state index contributed by atoms with van der Waals surface area (Å²) in [6.07, 6.45) is 5.61. The molecule has 3 nitrogen and oxygen atoms in total. The second kappa shape index (κ2) is 5.30. The number of aromatic nitrogens is 3. The van der Waals surface area contributed by atoms with Crippen molar-refractivity contribution in [1.82, 2.24) is 14.8 Å². The van der Waals surface area contributed by atoms with Crippen LogP contribution in [0.15, 0.2) is 67.1 Å². The van der Waals surface area contributed by atoms with E-state index in [0.29, 0.717) is 0 Å². The predicted octanol–water partition coefficient (Wildman–Crippen LogP) is -0.604. The Kier molecular flexibility index (Phi) is 3.36. The molecule has 0 aliphatic heterocycles. The third-order valence-corrected chi connectivity index (χ3v) is 5.01. The van der Waals surface area contributed by atoms with Gasteiger partial charge >= 0.3 is 116 Å². The quantitative estimate of drug-likeness (QED) is 0.592. The monoisotopic (exact) mass is 348 g/mol. The molecule has 0 unspecified atom stereocenters. The van der Waals surface area contributed by atoms with E-state index >= 15 is 0 Å². The van der Waals surface area contributed by atoms with E-state index in [9.17, 15) is 0 Å². The first-order valence-corrected chi connectivity index (χ1v) is 7.73. The first-order valence-electron chi connectivity index (χ1n) is 5.58. The summed E-state index contributed by atoms with van der Waals surface area (Å²) in [4.78, 5) is 4.45. The molecule has 0 amide bonds. The van der Waals surface area contributed by atoms with Gasteiger partial charge < -0.3 is 0 Å². The SMILES string of the molecule is c1ccc([I-]c2ccc(-n3cccn3)nc2)cc1. The minimum atomic E-state index is -0.135. The predicted molar refractivity (Wildman–Crippen MR) is 65.2 cm³/mol. The van der Waals surface area contributed by atoms with Crippen LogP contribution in [0, 0.1) is 7.14 Å². The molecule has 0 N–H and O–H groups in total. The molecule has 0 atom stereocenters. The molecule has 1 aromatic carbocycles. The molecule has 0 saturated heterocycles. The summed E-state index contributed by atoms with van der Waals surface area (Å²) < 4.78 is 4.49. The van der Waals surface area contributed by atoms with E-state index in [1.165, 1.54) is 7.14 Å². The van der Waals surface area contributed by atoms with E-state index in [-0.39, 0.29) is 21.2 Å². The number of halogens is 1. The van der Waals surface area contributed by atoms with E-state index in [1.807, 2.05) is 30.6 Å². The Morgan fingerprint density at radius 3 is 2.44 bits per heavy atom. The number of rotatable bonds is 3. The van der Waals surface area contributed by atoms with E-state index in [2.05, 4.69) is 40.4 Å². The molecule has 4 heteroatoms. The molecule has 3 aromatic rings. The van der Waals surface area contributed by atoms with Gasteiger partial charge in [0, 0.05) is 0 Å². The Bertz CT molecular complexity index is 603. The molecule has 0 saturated carbocycles. The summed E-state index contributed by atoms with van der Waals surface area (Å²) in [6, 6.07) is 16.6. The van der Waals surface area contributed by atoms with Gasteiger partial charge in [-0.2, -0.15) is 0 Å². The van der Waals surface area contributed by atoms with Crippen LogP contribution in [0.25, 0.3) is 5.82 Å². The molecule has 2 heterocycles. The van der Waals surface area contributed by atoms with Gasteiger partial charge in [-0.25, -0.2) is 0 Å². The third-order valence-electron chi connectivity index (χ3n) is 2.40. The van der Waals surface area contributed by atoms with Crippen molar-refractivity contribution in [2.75, 3.05) is 0 Å². The van der Waals surface area contributed by atoms with Gasteiger partial charge in [-0.1, -0.05) is 0 Å². The van der Waals surface area contributed by atoms with Crippen LogP contribution in [-0.2, 0) is 0 Å². The van der Waals surface area contributed by atoms with Crippen LogP contribution in [-0.4, -0.2) is 14.8 Å². The second-order valence-electron chi connectivity index (χ2n) is 3.68. The summed E-state index contributed by atoms with van der Waals surface area (Å²) in [5.41, 5.74) is 0. The van der Waals surface area contributed by atoms with Gasteiger partial charge in [0.1, 0.15) is 0 Å². The van der Waals surface area contributed by atoms with Crippen LogP contribution in [0.2, 0.25) is 0 Å². The van der Waals surface area contributed by atoms with Crippen molar-refractivity contribution in [3.05, 3.63) is 74.3 Å². The zero-order valence-electron chi connectivity index (χ0n) is 9.57. The molecule has 3 rings (SSSR count). The van der Waals surface area contributed by atoms with Crippen molar-refractivity contribution in [3.8, 4) is 5.82 Å². The molecule has 0 aliphatic rings. The number of benzene rings is 1. The van der Waals surface area contributed by atoms with Crippen molar-refractivity contribution in [2.24, 2.45) is 0 Å². The Morgan fingerprint density at radius 1 is 0.889 bits per heavy atom. The molecular formula is C14H11IN3-. The van der Waals surface area contributed by atoms with Gasteiger partial charge in [0.2, 0.25) is 0 Å². The van der Waals surface area contributed by atoms with Gasteiger partial charge in [-0.3, -0.25) is 0 Å². The summed E-state index contributed by atoms with van der Waals surface area (Å²) in [6.45, 7) is 0. The fourth-order valence-electron chi connectivity index (χ4n) is 1.57. The average Bonchev–Trinajstić information content (AvgIpc) is 2.95. The maximum absolute atomic E-state index is 4.45. The zero-order chi connectivity index (χ0) is 12.2. The topological polar surface area (TPSA) is 30.7 Å². The van der Waals surface area contributed by atoms with Crippen LogP contribution in [0.4, 0.5) is 0 Å². The van der Waals surface area contributed by atoms with Crippen LogP contribution < -0.4 is 21.2 Å². The Labute approximate surface area is 116 Å². The molecule has 90 valence electrons. The molecule has 0 radical (unpaired) electrons. The average molecular weight is 348 g/mol. The van der Waals surface area contributed by atoms with E-state index < -0.39 is 0 Å². The van der Waals surface area contributed by atoms with E-state index in [0.717, 1.165) is 5.82 Å². The van der Waals surface area contributed by atoms with Crippen LogP contribution in [0.1, 0.15) is 0 Å². The van der Waals surface area contributed by atoms with E-state index in [1.54, 1.807) is 10.9 Å². The first-order chi connectivity index (χ1) is 8.92. The molecule has 18 heavy (non-hydrogen) atoms. The molecule has 0 fully saturated rings. The zero-order valence-corrected chi connectivity index (χ0v) is 11.7. The summed E-state index contributed by atoms with van der Waals surface area (Å²) in [5, 5.41) is 4.16. The molecule has 0 spiro atoms. The number of nitrogens with zero attached hydrogens (tertiary/aromatic N) is 3. The van der Waals surface area contributed by atoms with E-state index in [4.69, 9.17) is 0 Å². The van der Waals surface area contributed by atoms with Gasteiger partial charge in [-0.15, -0.1) is 0 Å². The Balaban J connectivity index is 1.80. The molecule has 0 bridgehead atoms. The number of pyridine rings is 1.